The van der Waals surface area contributed by atoms with Crippen molar-refractivity contribution in [2.75, 3.05) is 13.2 Å². The Hall–Kier alpha value is -1.59. The molecule has 0 fully saturated rings. The molecule has 0 aliphatic heterocycles. The molecule has 0 aromatic heterocycles. The molecule has 0 amide bonds. The zero-order valence-electron chi connectivity index (χ0n) is 36.8. The van der Waals surface area contributed by atoms with E-state index in [-0.39, 0.29) is 31.1 Å². The van der Waals surface area contributed by atoms with Crippen LogP contribution in [0.5, 0.6) is 0 Å². The van der Waals surface area contributed by atoms with Crippen LogP contribution in [0, 0.1) is 11.8 Å². The summed E-state index contributed by atoms with van der Waals surface area (Å²) in [5.41, 5.74) is 0. The van der Waals surface area contributed by atoms with Gasteiger partial charge in [0.05, 0.1) is 0 Å². The number of carbonyl (C=O) groups is 3. The van der Waals surface area contributed by atoms with E-state index in [2.05, 4.69) is 34.6 Å². The molecule has 0 saturated heterocycles. The molecule has 1 atom stereocenters. The zero-order valence-corrected chi connectivity index (χ0v) is 36.8. The summed E-state index contributed by atoms with van der Waals surface area (Å²) in [6.07, 6.45) is 39.5. The molecule has 0 N–H and O–H groups in total. The molecular formula is C48H92O6. The second-order valence-electron chi connectivity index (χ2n) is 17.3. The van der Waals surface area contributed by atoms with Gasteiger partial charge in [-0.15, -0.1) is 0 Å². The molecule has 0 rings (SSSR count). The number of hydrogen-bond donors (Lipinski definition) is 0. The summed E-state index contributed by atoms with van der Waals surface area (Å²) in [6.45, 7) is 11.3. The van der Waals surface area contributed by atoms with Crippen molar-refractivity contribution >= 4 is 17.9 Å². The Morgan fingerprint density at radius 1 is 0.352 bits per heavy atom. The molecule has 6 heteroatoms. The van der Waals surface area contributed by atoms with E-state index >= 15 is 0 Å². The van der Waals surface area contributed by atoms with Gasteiger partial charge in [0.25, 0.3) is 0 Å². The van der Waals surface area contributed by atoms with Crippen LogP contribution in [0.4, 0.5) is 0 Å². The van der Waals surface area contributed by atoms with E-state index in [9.17, 15) is 14.4 Å². The fraction of sp³-hybridized carbons (Fsp3) is 0.938. The minimum absolute atomic E-state index is 0.0649. The van der Waals surface area contributed by atoms with Crippen LogP contribution < -0.4 is 0 Å². The summed E-state index contributed by atoms with van der Waals surface area (Å²) in [4.78, 5) is 37.7. The highest BCUT2D eigenvalue weighted by atomic mass is 16.6. The van der Waals surface area contributed by atoms with Gasteiger partial charge < -0.3 is 14.2 Å². The fourth-order valence-electron chi connectivity index (χ4n) is 7.11. The van der Waals surface area contributed by atoms with E-state index in [0.29, 0.717) is 19.3 Å². The van der Waals surface area contributed by atoms with Crippen molar-refractivity contribution in [3.05, 3.63) is 0 Å². The van der Waals surface area contributed by atoms with Gasteiger partial charge in [0.1, 0.15) is 13.2 Å². The van der Waals surface area contributed by atoms with E-state index in [1.165, 1.54) is 148 Å². The van der Waals surface area contributed by atoms with E-state index in [4.69, 9.17) is 14.2 Å². The second kappa shape index (κ2) is 41.1. The first-order valence-electron chi connectivity index (χ1n) is 23.7. The van der Waals surface area contributed by atoms with Crippen molar-refractivity contribution in [2.24, 2.45) is 11.8 Å². The second-order valence-corrected chi connectivity index (χ2v) is 17.3. The lowest BCUT2D eigenvalue weighted by molar-refractivity contribution is -0.167. The average molecular weight is 765 g/mol. The summed E-state index contributed by atoms with van der Waals surface area (Å²) >= 11 is 0. The van der Waals surface area contributed by atoms with Crippen LogP contribution >= 0.6 is 0 Å². The normalized spacial score (nSPS) is 12.1. The Kier molecular flexibility index (Phi) is 39.8. The molecule has 0 radical (unpaired) electrons. The molecule has 0 aromatic carbocycles. The third-order valence-corrected chi connectivity index (χ3v) is 10.7. The van der Waals surface area contributed by atoms with E-state index in [1.54, 1.807) is 0 Å². The zero-order chi connectivity index (χ0) is 39.7. The number of ether oxygens (including phenoxy) is 3. The Bertz CT molecular complexity index is 824. The van der Waals surface area contributed by atoms with Gasteiger partial charge in [-0.25, -0.2) is 0 Å². The van der Waals surface area contributed by atoms with Gasteiger partial charge >= 0.3 is 17.9 Å². The Balaban J connectivity index is 4.30. The molecule has 320 valence electrons. The maximum Gasteiger partial charge on any atom is 0.306 e. The third-order valence-electron chi connectivity index (χ3n) is 10.7. The topological polar surface area (TPSA) is 78.9 Å². The van der Waals surface area contributed by atoms with E-state index < -0.39 is 6.10 Å². The highest BCUT2D eigenvalue weighted by Crippen LogP contribution is 2.17. The monoisotopic (exact) mass is 765 g/mol. The first-order chi connectivity index (χ1) is 26.2. The van der Waals surface area contributed by atoms with Crippen LogP contribution in [0.25, 0.3) is 0 Å². The molecule has 0 aromatic rings. The van der Waals surface area contributed by atoms with Gasteiger partial charge in [-0.05, 0) is 31.1 Å². The summed E-state index contributed by atoms with van der Waals surface area (Å²) < 4.78 is 16.7. The Morgan fingerprint density at radius 3 is 0.907 bits per heavy atom. The van der Waals surface area contributed by atoms with Crippen molar-refractivity contribution in [2.45, 2.75) is 265 Å². The maximum atomic E-state index is 12.7. The third kappa shape index (κ3) is 41.6. The van der Waals surface area contributed by atoms with Crippen molar-refractivity contribution in [1.82, 2.24) is 0 Å². The number of carbonyl (C=O) groups excluding carboxylic acids is 3. The Morgan fingerprint density at radius 2 is 0.611 bits per heavy atom. The predicted octanol–water partition coefficient (Wildman–Crippen LogP) is 15.0. The summed E-state index contributed by atoms with van der Waals surface area (Å²) in [7, 11) is 0. The van der Waals surface area contributed by atoms with Crippen LogP contribution in [0.1, 0.15) is 259 Å². The quantitative estimate of drug-likeness (QED) is 0.0350. The maximum absolute atomic E-state index is 12.7. The molecule has 54 heavy (non-hydrogen) atoms. The minimum atomic E-state index is -0.760. The summed E-state index contributed by atoms with van der Waals surface area (Å²) in [5.74, 6) is 0.762. The van der Waals surface area contributed by atoms with Crippen molar-refractivity contribution in [3.63, 3.8) is 0 Å². The lowest BCUT2D eigenvalue weighted by Crippen LogP contribution is -2.30. The van der Waals surface area contributed by atoms with Gasteiger partial charge in [-0.2, -0.15) is 0 Å². The minimum Gasteiger partial charge on any atom is -0.462 e. The first kappa shape index (κ1) is 52.4. The molecule has 6 nitrogen and oxygen atoms in total. The molecule has 0 spiro atoms. The lowest BCUT2D eigenvalue weighted by atomic mass is 10.0. The van der Waals surface area contributed by atoms with Gasteiger partial charge in [0.15, 0.2) is 6.10 Å². The number of hydrogen-bond acceptors (Lipinski definition) is 6. The number of unbranched alkanes of at least 4 members (excludes halogenated alkanes) is 27. The molecule has 0 heterocycles. The number of esters is 3. The van der Waals surface area contributed by atoms with E-state index in [1.807, 2.05) is 0 Å². The van der Waals surface area contributed by atoms with Crippen LogP contribution in [-0.4, -0.2) is 37.2 Å². The first-order valence-corrected chi connectivity index (χ1v) is 23.7. The molecular weight excluding hydrogens is 673 g/mol. The van der Waals surface area contributed by atoms with Crippen molar-refractivity contribution in [1.29, 1.82) is 0 Å². The fourth-order valence-corrected chi connectivity index (χ4v) is 7.11. The SMILES string of the molecule is CCCCCCCCCCCCC(=O)OC[C@@H](COC(=O)CCCCCCCCCC(C)C)OC(=O)CCCCCCCCCCCCCCCC(C)C. The molecule has 0 bridgehead atoms. The predicted molar refractivity (Wildman–Crippen MR) is 229 cm³/mol. The van der Waals surface area contributed by atoms with Crippen molar-refractivity contribution in [3.8, 4) is 0 Å². The molecule has 0 aliphatic carbocycles. The average Bonchev–Trinajstić information content (AvgIpc) is 3.14. The van der Waals surface area contributed by atoms with Gasteiger partial charge in [0.2, 0.25) is 0 Å². The highest BCUT2D eigenvalue weighted by Gasteiger charge is 2.19. The summed E-state index contributed by atoms with van der Waals surface area (Å²) in [5, 5.41) is 0. The highest BCUT2D eigenvalue weighted by molar-refractivity contribution is 5.71. The van der Waals surface area contributed by atoms with Crippen LogP contribution in [0.3, 0.4) is 0 Å². The Labute approximate surface area is 336 Å². The van der Waals surface area contributed by atoms with Gasteiger partial charge in [-0.1, -0.05) is 221 Å². The van der Waals surface area contributed by atoms with Gasteiger partial charge in [0, 0.05) is 19.3 Å². The summed E-state index contributed by atoms with van der Waals surface area (Å²) in [6, 6.07) is 0. The standard InChI is InChI=1S/C48H92O6/c1-6-7-8-9-10-11-18-23-28-33-38-46(49)52-41-45(42-53-47(50)39-34-29-25-20-22-27-32-37-44(4)5)54-48(51)40-35-30-24-19-16-14-12-13-15-17-21-26-31-36-43(2)3/h43-45H,6-42H2,1-5H3/t45-/m0/s1. The largest absolute Gasteiger partial charge is 0.462 e. The van der Waals surface area contributed by atoms with Gasteiger partial charge in [-0.3, -0.25) is 14.4 Å². The smallest absolute Gasteiger partial charge is 0.306 e. The van der Waals surface area contributed by atoms with Crippen LogP contribution in [0.15, 0.2) is 0 Å². The number of rotatable bonds is 42. The van der Waals surface area contributed by atoms with Crippen LogP contribution in [-0.2, 0) is 28.6 Å². The molecule has 0 aliphatic rings. The van der Waals surface area contributed by atoms with Crippen molar-refractivity contribution < 1.29 is 28.6 Å². The molecule has 0 saturated carbocycles. The lowest BCUT2D eigenvalue weighted by Gasteiger charge is -2.18. The van der Waals surface area contributed by atoms with Crippen LogP contribution in [0.2, 0.25) is 0 Å². The molecule has 0 unspecified atom stereocenters. The van der Waals surface area contributed by atoms with E-state index in [0.717, 1.165) is 69.6 Å².